The van der Waals surface area contributed by atoms with Gasteiger partial charge in [-0.15, -0.1) is 11.3 Å². The number of thiazole rings is 1. The molecule has 1 aromatic heterocycles. The molecule has 1 heterocycles. The first kappa shape index (κ1) is 18.7. The van der Waals surface area contributed by atoms with E-state index < -0.39 is 15.5 Å². The summed E-state index contributed by atoms with van der Waals surface area (Å²) in [6, 6.07) is 13.2. The van der Waals surface area contributed by atoms with Crippen molar-refractivity contribution in [3.05, 3.63) is 58.9 Å². The van der Waals surface area contributed by atoms with E-state index >= 15 is 0 Å². The van der Waals surface area contributed by atoms with Gasteiger partial charge >= 0.3 is 15.5 Å². The summed E-state index contributed by atoms with van der Waals surface area (Å²) < 4.78 is 61.1. The monoisotopic (exact) mass is 418 g/mol. The Morgan fingerprint density at radius 1 is 1.08 bits per heavy atom. The first-order chi connectivity index (χ1) is 12.2. The van der Waals surface area contributed by atoms with Crippen molar-refractivity contribution in [3.63, 3.8) is 0 Å². The Labute approximate surface area is 156 Å². The van der Waals surface area contributed by atoms with E-state index in [1.165, 1.54) is 28.2 Å². The average Bonchev–Trinajstić information content (AvgIpc) is 3.04. The Balaban J connectivity index is 1.88. The number of hydrogen-bond donors (Lipinski definition) is 1. The summed E-state index contributed by atoms with van der Waals surface area (Å²) in [7, 11) is -5.50. The topological polar surface area (TPSA) is 59.1 Å². The van der Waals surface area contributed by atoms with Gasteiger partial charge in [-0.3, -0.25) is 4.72 Å². The molecular formula is C16H10ClF3N2O2S2. The highest BCUT2D eigenvalue weighted by Gasteiger charge is 2.46. The van der Waals surface area contributed by atoms with Gasteiger partial charge in [0.2, 0.25) is 0 Å². The average molecular weight is 419 g/mol. The number of aromatic nitrogens is 1. The second kappa shape index (κ2) is 6.90. The molecule has 0 atom stereocenters. The quantitative estimate of drug-likeness (QED) is 0.617. The first-order valence-electron chi connectivity index (χ1n) is 7.07. The van der Waals surface area contributed by atoms with Gasteiger partial charge in [0.25, 0.3) is 0 Å². The molecule has 0 aliphatic rings. The van der Waals surface area contributed by atoms with Crippen LogP contribution in [0.15, 0.2) is 53.9 Å². The molecule has 0 bridgehead atoms. The summed E-state index contributed by atoms with van der Waals surface area (Å²) in [6.45, 7) is 0. The molecule has 0 unspecified atom stereocenters. The molecule has 10 heteroatoms. The lowest BCUT2D eigenvalue weighted by Gasteiger charge is -2.11. The van der Waals surface area contributed by atoms with Crippen LogP contribution in [0.4, 0.5) is 18.9 Å². The van der Waals surface area contributed by atoms with E-state index in [4.69, 9.17) is 11.6 Å². The van der Waals surface area contributed by atoms with E-state index in [0.717, 1.165) is 16.6 Å². The van der Waals surface area contributed by atoms with Crippen LogP contribution in [0, 0.1) is 0 Å². The first-order valence-corrected chi connectivity index (χ1v) is 9.81. The van der Waals surface area contributed by atoms with Crippen LogP contribution in [-0.2, 0) is 10.0 Å². The molecule has 0 radical (unpaired) electrons. The molecule has 2 aromatic carbocycles. The van der Waals surface area contributed by atoms with Gasteiger partial charge in [0, 0.05) is 16.5 Å². The van der Waals surface area contributed by atoms with Crippen LogP contribution >= 0.6 is 22.9 Å². The summed E-state index contributed by atoms with van der Waals surface area (Å²) >= 11 is 7.50. The van der Waals surface area contributed by atoms with Crippen molar-refractivity contribution in [1.82, 2.24) is 4.98 Å². The number of halogens is 4. The number of anilines is 1. The van der Waals surface area contributed by atoms with E-state index in [1.54, 1.807) is 5.38 Å². The van der Waals surface area contributed by atoms with Gasteiger partial charge in [0.1, 0.15) is 5.01 Å². The van der Waals surface area contributed by atoms with Crippen LogP contribution in [0.3, 0.4) is 0 Å². The predicted molar refractivity (Wildman–Crippen MR) is 96.6 cm³/mol. The Morgan fingerprint density at radius 2 is 1.77 bits per heavy atom. The van der Waals surface area contributed by atoms with Crippen LogP contribution in [-0.4, -0.2) is 18.9 Å². The number of hydrogen-bond acceptors (Lipinski definition) is 4. The van der Waals surface area contributed by atoms with Crippen molar-refractivity contribution in [2.75, 3.05) is 4.72 Å². The molecular weight excluding hydrogens is 409 g/mol. The van der Waals surface area contributed by atoms with E-state index in [0.29, 0.717) is 11.3 Å². The minimum Gasteiger partial charge on any atom is -0.276 e. The standard InChI is InChI=1S/C16H10ClF3N2O2S2/c17-13-8-11(22-26(23,24)16(18,19)20)6-7-12(13)14-9-25-15(21-14)10-4-2-1-3-5-10/h1-9,22H. The smallest absolute Gasteiger partial charge is 0.276 e. The molecule has 0 aliphatic heterocycles. The fourth-order valence-electron chi connectivity index (χ4n) is 2.11. The number of nitrogens with zero attached hydrogens (tertiary/aromatic N) is 1. The predicted octanol–water partition coefficient (Wildman–Crippen LogP) is 5.39. The van der Waals surface area contributed by atoms with E-state index in [-0.39, 0.29) is 10.7 Å². The summed E-state index contributed by atoms with van der Waals surface area (Å²) in [5.41, 5.74) is -3.73. The number of benzene rings is 2. The number of nitrogens with one attached hydrogen (secondary N) is 1. The minimum atomic E-state index is -5.50. The van der Waals surface area contributed by atoms with Gasteiger partial charge in [0.15, 0.2) is 0 Å². The summed E-state index contributed by atoms with van der Waals surface area (Å²) in [5, 5.41) is 2.61. The highest BCUT2D eigenvalue weighted by Crippen LogP contribution is 2.35. The Kier molecular flexibility index (Phi) is 4.96. The third kappa shape index (κ3) is 3.84. The van der Waals surface area contributed by atoms with Gasteiger partial charge < -0.3 is 0 Å². The van der Waals surface area contributed by atoms with Crippen molar-refractivity contribution in [2.24, 2.45) is 0 Å². The van der Waals surface area contributed by atoms with Crippen molar-refractivity contribution in [3.8, 4) is 21.8 Å². The normalized spacial score (nSPS) is 12.2. The molecule has 0 saturated heterocycles. The third-order valence-electron chi connectivity index (χ3n) is 3.33. The largest absolute Gasteiger partial charge is 0.516 e. The fourth-order valence-corrected chi connectivity index (χ4v) is 3.77. The lowest BCUT2D eigenvalue weighted by molar-refractivity contribution is -0.0429. The van der Waals surface area contributed by atoms with Crippen molar-refractivity contribution >= 4 is 38.6 Å². The zero-order valence-corrected chi connectivity index (χ0v) is 15.2. The van der Waals surface area contributed by atoms with E-state index in [1.807, 2.05) is 30.3 Å². The van der Waals surface area contributed by atoms with Crippen molar-refractivity contribution in [2.45, 2.75) is 5.51 Å². The fraction of sp³-hybridized carbons (Fsp3) is 0.0625. The molecule has 0 amide bonds. The number of rotatable bonds is 4. The second-order valence-corrected chi connectivity index (χ2v) is 8.09. The van der Waals surface area contributed by atoms with Crippen molar-refractivity contribution in [1.29, 1.82) is 0 Å². The maximum atomic E-state index is 12.4. The third-order valence-corrected chi connectivity index (χ3v) is 5.64. The van der Waals surface area contributed by atoms with Gasteiger partial charge in [0.05, 0.1) is 16.4 Å². The Morgan fingerprint density at radius 3 is 2.38 bits per heavy atom. The van der Waals surface area contributed by atoms with Gasteiger partial charge in [-0.1, -0.05) is 41.9 Å². The van der Waals surface area contributed by atoms with Gasteiger partial charge in [-0.05, 0) is 18.2 Å². The Bertz CT molecular complexity index is 1040. The lowest BCUT2D eigenvalue weighted by Crippen LogP contribution is -2.29. The van der Waals surface area contributed by atoms with Crippen LogP contribution < -0.4 is 4.72 Å². The summed E-state index contributed by atoms with van der Waals surface area (Å²) in [5.74, 6) is 0. The maximum absolute atomic E-state index is 12.4. The Hall–Kier alpha value is -2.10. The van der Waals surface area contributed by atoms with Crippen molar-refractivity contribution < 1.29 is 21.6 Å². The molecule has 26 heavy (non-hydrogen) atoms. The highest BCUT2D eigenvalue weighted by atomic mass is 35.5. The molecule has 136 valence electrons. The van der Waals surface area contributed by atoms with Gasteiger partial charge in [-0.25, -0.2) is 4.98 Å². The zero-order valence-electron chi connectivity index (χ0n) is 12.8. The molecule has 3 aromatic rings. The van der Waals surface area contributed by atoms with Crippen LogP contribution in [0.1, 0.15) is 0 Å². The van der Waals surface area contributed by atoms with E-state index in [9.17, 15) is 21.6 Å². The molecule has 0 saturated carbocycles. The molecule has 0 fully saturated rings. The number of alkyl halides is 3. The summed E-state index contributed by atoms with van der Waals surface area (Å²) in [6.07, 6.45) is 0. The van der Waals surface area contributed by atoms with Crippen LogP contribution in [0.25, 0.3) is 21.8 Å². The van der Waals surface area contributed by atoms with Gasteiger partial charge in [-0.2, -0.15) is 21.6 Å². The molecule has 4 nitrogen and oxygen atoms in total. The summed E-state index contributed by atoms with van der Waals surface area (Å²) in [4.78, 5) is 4.47. The zero-order chi connectivity index (χ0) is 18.9. The minimum absolute atomic E-state index is 0.0808. The number of sulfonamides is 1. The molecule has 1 N–H and O–H groups in total. The lowest BCUT2D eigenvalue weighted by atomic mass is 10.1. The molecule has 3 rings (SSSR count). The molecule has 0 aliphatic carbocycles. The maximum Gasteiger partial charge on any atom is 0.516 e. The SMILES string of the molecule is O=S(=O)(Nc1ccc(-c2csc(-c3ccccc3)n2)c(Cl)c1)C(F)(F)F. The highest BCUT2D eigenvalue weighted by molar-refractivity contribution is 7.93. The van der Waals surface area contributed by atoms with Crippen LogP contribution in [0.5, 0.6) is 0 Å². The van der Waals surface area contributed by atoms with E-state index in [2.05, 4.69) is 4.98 Å². The van der Waals surface area contributed by atoms with Crippen LogP contribution in [0.2, 0.25) is 5.02 Å². The second-order valence-electron chi connectivity index (χ2n) is 5.15. The molecule has 0 spiro atoms.